The van der Waals surface area contributed by atoms with Gasteiger partial charge in [0.1, 0.15) is 6.61 Å². The number of aromatic nitrogens is 1. The highest BCUT2D eigenvalue weighted by Crippen LogP contribution is 2.29. The minimum Gasteiger partial charge on any atom is -0.493 e. The molecule has 0 aliphatic rings. The van der Waals surface area contributed by atoms with Crippen LogP contribution in [0, 0.1) is 6.92 Å². The van der Waals surface area contributed by atoms with E-state index in [0.717, 1.165) is 27.9 Å². The van der Waals surface area contributed by atoms with Gasteiger partial charge >= 0.3 is 0 Å². The Labute approximate surface area is 117 Å². The summed E-state index contributed by atoms with van der Waals surface area (Å²) in [5, 5.41) is 4.17. The average Bonchev–Trinajstić information content (AvgIpc) is 2.83. The van der Waals surface area contributed by atoms with Crippen LogP contribution in [0.5, 0.6) is 11.5 Å². The third-order valence-electron chi connectivity index (χ3n) is 2.65. The summed E-state index contributed by atoms with van der Waals surface area (Å²) in [4.78, 5) is 5.33. The smallest absolute Gasteiger partial charge is 0.162 e. The maximum atomic E-state index is 5.83. The summed E-state index contributed by atoms with van der Waals surface area (Å²) in [5.41, 5.74) is 1.17. The Morgan fingerprint density at radius 2 is 2.16 bits per heavy atom. The van der Waals surface area contributed by atoms with Crippen molar-refractivity contribution >= 4 is 11.3 Å². The number of nitrogens with zero attached hydrogens (tertiary/aromatic N) is 1. The number of thiazole rings is 1. The van der Waals surface area contributed by atoms with Gasteiger partial charge in [-0.15, -0.1) is 11.3 Å². The van der Waals surface area contributed by atoms with Gasteiger partial charge in [0.25, 0.3) is 0 Å². The number of ether oxygens (including phenoxy) is 2. The maximum absolute atomic E-state index is 5.83. The van der Waals surface area contributed by atoms with Gasteiger partial charge in [0.05, 0.1) is 17.0 Å². The summed E-state index contributed by atoms with van der Waals surface area (Å²) in [6.45, 7) is 3.31. The molecule has 0 aliphatic carbocycles. The molecule has 1 heterocycles. The molecule has 102 valence electrons. The molecule has 1 aromatic carbocycles. The lowest BCUT2D eigenvalue weighted by molar-refractivity contribution is 0.286. The second-order valence-electron chi connectivity index (χ2n) is 4.15. The summed E-state index contributed by atoms with van der Waals surface area (Å²) in [6, 6.07) is 5.96. The lowest BCUT2D eigenvalue weighted by Crippen LogP contribution is -2.05. The van der Waals surface area contributed by atoms with Gasteiger partial charge in [-0.2, -0.15) is 0 Å². The van der Waals surface area contributed by atoms with Crippen molar-refractivity contribution in [3.63, 3.8) is 0 Å². The van der Waals surface area contributed by atoms with Crippen molar-refractivity contribution in [3.05, 3.63) is 39.8 Å². The predicted octanol–water partition coefficient (Wildman–Crippen LogP) is 2.76. The number of hydrogen-bond donors (Lipinski definition) is 1. The fraction of sp³-hybridized carbons (Fsp3) is 0.357. The quantitative estimate of drug-likeness (QED) is 0.882. The molecule has 0 spiro atoms. The van der Waals surface area contributed by atoms with Gasteiger partial charge < -0.3 is 14.8 Å². The Kier molecular flexibility index (Phi) is 4.76. The molecule has 0 saturated heterocycles. The predicted molar refractivity (Wildman–Crippen MR) is 76.9 cm³/mol. The SMILES string of the molecule is CNCc1ccc(OC)c(OCc2cnc(C)s2)c1. The van der Waals surface area contributed by atoms with E-state index < -0.39 is 0 Å². The van der Waals surface area contributed by atoms with Gasteiger partial charge in [0, 0.05) is 12.7 Å². The minimum atomic E-state index is 0.519. The first kappa shape index (κ1) is 13.8. The molecule has 4 nitrogen and oxygen atoms in total. The standard InChI is InChI=1S/C14H18N2O2S/c1-10-16-8-12(19-10)9-18-14-6-11(7-15-2)4-5-13(14)17-3/h4-6,8,15H,7,9H2,1-3H3. The van der Waals surface area contributed by atoms with Crippen LogP contribution in [0.25, 0.3) is 0 Å². The van der Waals surface area contributed by atoms with Gasteiger partial charge in [-0.1, -0.05) is 6.07 Å². The third-order valence-corrected chi connectivity index (χ3v) is 3.53. The van der Waals surface area contributed by atoms with Crippen molar-refractivity contribution in [2.45, 2.75) is 20.1 Å². The Balaban J connectivity index is 2.10. The van der Waals surface area contributed by atoms with Crippen molar-refractivity contribution in [2.24, 2.45) is 0 Å². The topological polar surface area (TPSA) is 43.4 Å². The Morgan fingerprint density at radius 1 is 1.32 bits per heavy atom. The molecule has 0 saturated carbocycles. The summed E-state index contributed by atoms with van der Waals surface area (Å²) >= 11 is 1.65. The van der Waals surface area contributed by atoms with Crippen LogP contribution in [0.3, 0.4) is 0 Å². The fourth-order valence-electron chi connectivity index (χ4n) is 1.77. The van der Waals surface area contributed by atoms with Gasteiger partial charge in [-0.25, -0.2) is 4.98 Å². The van der Waals surface area contributed by atoms with E-state index in [4.69, 9.17) is 9.47 Å². The molecule has 19 heavy (non-hydrogen) atoms. The Morgan fingerprint density at radius 3 is 2.79 bits per heavy atom. The van der Waals surface area contributed by atoms with E-state index in [9.17, 15) is 0 Å². The zero-order chi connectivity index (χ0) is 13.7. The van der Waals surface area contributed by atoms with E-state index in [0.29, 0.717) is 6.61 Å². The van der Waals surface area contributed by atoms with Crippen molar-refractivity contribution in [2.75, 3.05) is 14.2 Å². The van der Waals surface area contributed by atoms with E-state index in [2.05, 4.69) is 10.3 Å². The largest absolute Gasteiger partial charge is 0.493 e. The fourth-order valence-corrected chi connectivity index (χ4v) is 2.48. The highest BCUT2D eigenvalue weighted by molar-refractivity contribution is 7.11. The molecule has 0 unspecified atom stereocenters. The third kappa shape index (κ3) is 3.68. The molecule has 2 aromatic rings. The number of hydrogen-bond acceptors (Lipinski definition) is 5. The van der Waals surface area contributed by atoms with Crippen LogP contribution in [-0.2, 0) is 13.2 Å². The van der Waals surface area contributed by atoms with Gasteiger partial charge in [-0.05, 0) is 31.7 Å². The van der Waals surface area contributed by atoms with E-state index in [1.807, 2.05) is 38.4 Å². The molecular formula is C14H18N2O2S. The number of methoxy groups -OCH3 is 1. The number of rotatable bonds is 6. The summed E-state index contributed by atoms with van der Waals surface area (Å²) in [7, 11) is 3.57. The average molecular weight is 278 g/mol. The minimum absolute atomic E-state index is 0.519. The summed E-state index contributed by atoms with van der Waals surface area (Å²) < 4.78 is 11.1. The molecular weight excluding hydrogens is 260 g/mol. The van der Waals surface area contributed by atoms with Crippen LogP contribution in [0.15, 0.2) is 24.4 Å². The van der Waals surface area contributed by atoms with Crippen LogP contribution in [0.1, 0.15) is 15.4 Å². The van der Waals surface area contributed by atoms with Crippen LogP contribution in [0.4, 0.5) is 0 Å². The van der Waals surface area contributed by atoms with Crippen LogP contribution in [-0.4, -0.2) is 19.1 Å². The van der Waals surface area contributed by atoms with Gasteiger partial charge in [0.15, 0.2) is 11.5 Å². The molecule has 0 fully saturated rings. The normalized spacial score (nSPS) is 10.5. The van der Waals surface area contributed by atoms with E-state index >= 15 is 0 Å². The van der Waals surface area contributed by atoms with Crippen molar-refractivity contribution in [3.8, 4) is 11.5 Å². The van der Waals surface area contributed by atoms with E-state index in [1.165, 1.54) is 5.56 Å². The molecule has 1 aromatic heterocycles. The number of benzene rings is 1. The van der Waals surface area contributed by atoms with E-state index in [1.54, 1.807) is 18.4 Å². The van der Waals surface area contributed by atoms with Crippen molar-refractivity contribution < 1.29 is 9.47 Å². The Bertz CT molecular complexity index is 540. The van der Waals surface area contributed by atoms with E-state index in [-0.39, 0.29) is 0 Å². The van der Waals surface area contributed by atoms with Gasteiger partial charge in [-0.3, -0.25) is 0 Å². The molecule has 1 N–H and O–H groups in total. The van der Waals surface area contributed by atoms with Gasteiger partial charge in [0.2, 0.25) is 0 Å². The zero-order valence-electron chi connectivity index (χ0n) is 11.4. The lowest BCUT2D eigenvalue weighted by Gasteiger charge is -2.11. The highest BCUT2D eigenvalue weighted by Gasteiger charge is 2.07. The Hall–Kier alpha value is -1.59. The molecule has 2 rings (SSSR count). The van der Waals surface area contributed by atoms with Crippen LogP contribution >= 0.6 is 11.3 Å². The highest BCUT2D eigenvalue weighted by atomic mass is 32.1. The first-order valence-corrected chi connectivity index (χ1v) is 6.90. The van der Waals surface area contributed by atoms with Crippen LogP contribution in [0.2, 0.25) is 0 Å². The van der Waals surface area contributed by atoms with Crippen molar-refractivity contribution in [1.29, 1.82) is 0 Å². The molecule has 0 amide bonds. The summed E-state index contributed by atoms with van der Waals surface area (Å²) in [6.07, 6.45) is 1.85. The summed E-state index contributed by atoms with van der Waals surface area (Å²) in [5.74, 6) is 1.52. The second kappa shape index (κ2) is 6.54. The monoisotopic (exact) mass is 278 g/mol. The molecule has 0 bridgehead atoms. The molecule has 0 atom stereocenters. The lowest BCUT2D eigenvalue weighted by atomic mass is 10.2. The van der Waals surface area contributed by atoms with Crippen LogP contribution < -0.4 is 14.8 Å². The first-order chi connectivity index (χ1) is 9.22. The maximum Gasteiger partial charge on any atom is 0.162 e. The molecule has 0 radical (unpaired) electrons. The first-order valence-electron chi connectivity index (χ1n) is 6.08. The zero-order valence-corrected chi connectivity index (χ0v) is 12.2. The molecule has 0 aliphatic heterocycles. The number of nitrogens with one attached hydrogen (secondary N) is 1. The second-order valence-corrected chi connectivity index (χ2v) is 5.47. The van der Waals surface area contributed by atoms with Crippen molar-refractivity contribution in [1.82, 2.24) is 10.3 Å². The molecule has 5 heteroatoms. The number of aryl methyl sites for hydroxylation is 1.